The third-order valence-electron chi connectivity index (χ3n) is 3.05. The number of likely N-dealkylation sites (N-methyl/N-ethyl adjacent to an activating group) is 1. The first kappa shape index (κ1) is 14.0. The first-order valence-corrected chi connectivity index (χ1v) is 6.35. The summed E-state index contributed by atoms with van der Waals surface area (Å²) in [4.78, 5) is 0. The molecular formula is C15H14ClF2N. The monoisotopic (exact) mass is 281 g/mol. The third-order valence-corrected chi connectivity index (χ3v) is 3.36. The molecule has 0 spiro atoms. The van der Waals surface area contributed by atoms with E-state index in [1.807, 2.05) is 0 Å². The Labute approximate surface area is 116 Å². The molecule has 0 aromatic heterocycles. The average molecular weight is 282 g/mol. The minimum atomic E-state index is -0.456. The van der Waals surface area contributed by atoms with Crippen LogP contribution in [0.1, 0.15) is 17.2 Å². The molecular weight excluding hydrogens is 268 g/mol. The Bertz CT molecular complexity index is 572. The van der Waals surface area contributed by atoms with E-state index in [0.29, 0.717) is 12.0 Å². The van der Waals surface area contributed by atoms with Gasteiger partial charge >= 0.3 is 0 Å². The first-order valence-electron chi connectivity index (χ1n) is 5.97. The maximum absolute atomic E-state index is 13.7. The summed E-state index contributed by atoms with van der Waals surface area (Å²) in [6.45, 7) is 0. The Morgan fingerprint density at radius 1 is 1.11 bits per heavy atom. The highest BCUT2D eigenvalue weighted by molar-refractivity contribution is 6.30. The van der Waals surface area contributed by atoms with Gasteiger partial charge in [-0.05, 0) is 37.2 Å². The van der Waals surface area contributed by atoms with E-state index in [-0.39, 0.29) is 16.9 Å². The lowest BCUT2D eigenvalue weighted by molar-refractivity contribution is 0.532. The molecule has 4 heteroatoms. The van der Waals surface area contributed by atoms with Gasteiger partial charge in [0.25, 0.3) is 0 Å². The number of hydrogen-bond donors (Lipinski definition) is 1. The van der Waals surface area contributed by atoms with Crippen molar-refractivity contribution < 1.29 is 8.78 Å². The Hall–Kier alpha value is -1.45. The molecule has 1 N–H and O–H groups in total. The summed E-state index contributed by atoms with van der Waals surface area (Å²) in [5.74, 6) is -0.723. The summed E-state index contributed by atoms with van der Waals surface area (Å²) >= 11 is 5.64. The number of hydrogen-bond acceptors (Lipinski definition) is 1. The van der Waals surface area contributed by atoms with Crippen LogP contribution in [0.25, 0.3) is 0 Å². The highest BCUT2D eigenvalue weighted by Gasteiger charge is 2.14. The zero-order valence-corrected chi connectivity index (χ0v) is 11.2. The van der Waals surface area contributed by atoms with E-state index in [0.717, 1.165) is 5.56 Å². The molecule has 0 saturated carbocycles. The van der Waals surface area contributed by atoms with Gasteiger partial charge in [-0.15, -0.1) is 0 Å². The fraction of sp³-hybridized carbons (Fsp3) is 0.200. The quantitative estimate of drug-likeness (QED) is 0.889. The Morgan fingerprint density at radius 2 is 1.84 bits per heavy atom. The highest BCUT2D eigenvalue weighted by Crippen LogP contribution is 2.23. The second-order valence-corrected chi connectivity index (χ2v) is 4.72. The number of benzene rings is 2. The van der Waals surface area contributed by atoms with Crippen LogP contribution in [0.15, 0.2) is 42.5 Å². The summed E-state index contributed by atoms with van der Waals surface area (Å²) in [5, 5.41) is 3.14. The zero-order chi connectivity index (χ0) is 13.8. The molecule has 2 aromatic rings. The largest absolute Gasteiger partial charge is 0.313 e. The topological polar surface area (TPSA) is 12.0 Å². The Kier molecular flexibility index (Phi) is 4.51. The molecule has 0 saturated heterocycles. The van der Waals surface area contributed by atoms with Gasteiger partial charge in [0.15, 0.2) is 0 Å². The highest BCUT2D eigenvalue weighted by atomic mass is 35.5. The lowest BCUT2D eigenvalue weighted by Gasteiger charge is -2.17. The van der Waals surface area contributed by atoms with Crippen LogP contribution in [0.3, 0.4) is 0 Å². The van der Waals surface area contributed by atoms with Crippen LogP contribution in [0, 0.1) is 11.6 Å². The second kappa shape index (κ2) is 6.13. The molecule has 0 amide bonds. The molecule has 1 atom stereocenters. The van der Waals surface area contributed by atoms with Crippen molar-refractivity contribution in [2.75, 3.05) is 7.05 Å². The molecule has 0 heterocycles. The first-order chi connectivity index (χ1) is 9.11. The van der Waals surface area contributed by atoms with Gasteiger partial charge in [-0.25, -0.2) is 8.78 Å². The number of rotatable bonds is 4. The van der Waals surface area contributed by atoms with E-state index in [2.05, 4.69) is 5.32 Å². The van der Waals surface area contributed by atoms with Gasteiger partial charge in [0.2, 0.25) is 0 Å². The van der Waals surface area contributed by atoms with E-state index in [4.69, 9.17) is 11.6 Å². The average Bonchev–Trinajstić information content (AvgIpc) is 2.41. The normalized spacial score (nSPS) is 12.4. The number of halogens is 3. The fourth-order valence-electron chi connectivity index (χ4n) is 2.03. The van der Waals surface area contributed by atoms with Gasteiger partial charge in [0, 0.05) is 11.6 Å². The summed E-state index contributed by atoms with van der Waals surface area (Å²) in [6, 6.07) is 11.0. The maximum atomic E-state index is 13.7. The van der Waals surface area contributed by atoms with Crippen molar-refractivity contribution in [3.05, 3.63) is 70.2 Å². The van der Waals surface area contributed by atoms with Crippen molar-refractivity contribution in [2.24, 2.45) is 0 Å². The van der Waals surface area contributed by atoms with E-state index < -0.39 is 5.82 Å². The second-order valence-electron chi connectivity index (χ2n) is 4.32. The summed E-state index contributed by atoms with van der Waals surface area (Å²) < 4.78 is 27.1. The molecule has 1 nitrogen and oxygen atoms in total. The van der Waals surface area contributed by atoms with Gasteiger partial charge in [-0.3, -0.25) is 0 Å². The van der Waals surface area contributed by atoms with Crippen LogP contribution in [0.5, 0.6) is 0 Å². The molecule has 2 rings (SSSR count). The van der Waals surface area contributed by atoms with Gasteiger partial charge in [0.1, 0.15) is 11.6 Å². The van der Waals surface area contributed by atoms with Gasteiger partial charge in [-0.2, -0.15) is 0 Å². The molecule has 19 heavy (non-hydrogen) atoms. The van der Waals surface area contributed by atoms with E-state index in [9.17, 15) is 8.78 Å². The molecule has 0 fully saturated rings. The van der Waals surface area contributed by atoms with Crippen LogP contribution in [0.4, 0.5) is 8.78 Å². The molecule has 2 aromatic carbocycles. The fourth-order valence-corrected chi connectivity index (χ4v) is 2.15. The lowest BCUT2D eigenvalue weighted by Crippen LogP contribution is -2.20. The van der Waals surface area contributed by atoms with Crippen molar-refractivity contribution in [1.29, 1.82) is 0 Å². The van der Waals surface area contributed by atoms with Crippen molar-refractivity contribution >= 4 is 11.6 Å². The van der Waals surface area contributed by atoms with Gasteiger partial charge in [-0.1, -0.05) is 35.9 Å². The lowest BCUT2D eigenvalue weighted by atomic mass is 9.98. The van der Waals surface area contributed by atoms with Crippen LogP contribution in [-0.4, -0.2) is 7.05 Å². The molecule has 0 aliphatic rings. The predicted octanol–water partition coefficient (Wildman–Crippen LogP) is 4.12. The molecule has 0 aliphatic carbocycles. The summed E-state index contributed by atoms with van der Waals surface area (Å²) in [6.07, 6.45) is 0.492. The minimum absolute atomic E-state index is 0.0932. The SMILES string of the molecule is CNC(Cc1ccc(Cl)c(F)c1)c1ccccc1F. The third kappa shape index (κ3) is 3.31. The Morgan fingerprint density at radius 3 is 2.47 bits per heavy atom. The van der Waals surface area contributed by atoms with Crippen LogP contribution in [0.2, 0.25) is 5.02 Å². The molecule has 1 unspecified atom stereocenters. The maximum Gasteiger partial charge on any atom is 0.142 e. The van der Waals surface area contributed by atoms with E-state index >= 15 is 0 Å². The van der Waals surface area contributed by atoms with Gasteiger partial charge < -0.3 is 5.32 Å². The zero-order valence-electron chi connectivity index (χ0n) is 10.5. The summed E-state index contributed by atoms with van der Waals surface area (Å²) in [7, 11) is 1.75. The van der Waals surface area contributed by atoms with Crippen LogP contribution < -0.4 is 5.32 Å². The smallest absolute Gasteiger partial charge is 0.142 e. The van der Waals surface area contributed by atoms with Crippen LogP contribution >= 0.6 is 11.6 Å². The van der Waals surface area contributed by atoms with Crippen LogP contribution in [-0.2, 0) is 6.42 Å². The molecule has 0 aliphatic heterocycles. The summed E-state index contributed by atoms with van der Waals surface area (Å²) in [5.41, 5.74) is 1.34. The van der Waals surface area contributed by atoms with Crippen molar-refractivity contribution in [2.45, 2.75) is 12.5 Å². The Balaban J connectivity index is 2.24. The standard InChI is InChI=1S/C15H14ClF2N/c1-19-15(11-4-2-3-5-13(11)17)9-10-6-7-12(16)14(18)8-10/h2-8,15,19H,9H2,1H3. The van der Waals surface area contributed by atoms with E-state index in [1.165, 1.54) is 18.2 Å². The number of nitrogens with one attached hydrogen (secondary N) is 1. The van der Waals surface area contributed by atoms with Crippen molar-refractivity contribution in [3.63, 3.8) is 0 Å². The molecule has 100 valence electrons. The van der Waals surface area contributed by atoms with Crippen molar-refractivity contribution in [3.8, 4) is 0 Å². The minimum Gasteiger partial charge on any atom is -0.313 e. The van der Waals surface area contributed by atoms with E-state index in [1.54, 1.807) is 31.3 Å². The molecule has 0 bridgehead atoms. The van der Waals surface area contributed by atoms with Gasteiger partial charge in [0.05, 0.1) is 5.02 Å². The predicted molar refractivity (Wildman–Crippen MR) is 73.3 cm³/mol. The van der Waals surface area contributed by atoms with Crippen molar-refractivity contribution in [1.82, 2.24) is 5.32 Å². The molecule has 0 radical (unpaired) electrons.